The van der Waals surface area contributed by atoms with Crippen molar-refractivity contribution >= 4 is 52.2 Å². The summed E-state index contributed by atoms with van der Waals surface area (Å²) in [7, 11) is 0. The normalized spacial score (nSPS) is 10.4. The predicted molar refractivity (Wildman–Crippen MR) is 78.0 cm³/mol. The number of hydrogen-bond donors (Lipinski definition) is 2. The molecule has 1 aromatic carbocycles. The van der Waals surface area contributed by atoms with E-state index in [1.54, 1.807) is 0 Å². The van der Waals surface area contributed by atoms with Crippen molar-refractivity contribution in [3.8, 4) is 0 Å². The lowest BCUT2D eigenvalue weighted by Crippen LogP contribution is -2.13. The first-order chi connectivity index (χ1) is 9.36. The van der Waals surface area contributed by atoms with Gasteiger partial charge < -0.3 is 11.1 Å². The van der Waals surface area contributed by atoms with E-state index >= 15 is 0 Å². The van der Waals surface area contributed by atoms with Gasteiger partial charge in [-0.25, -0.2) is 9.37 Å². The first-order valence-electron chi connectivity index (χ1n) is 5.26. The van der Waals surface area contributed by atoms with Gasteiger partial charge in [0, 0.05) is 5.56 Å². The second kappa shape index (κ2) is 5.83. The van der Waals surface area contributed by atoms with Gasteiger partial charge in [0.05, 0.1) is 15.7 Å². The lowest BCUT2D eigenvalue weighted by Gasteiger charge is -2.10. The second-order valence-electron chi connectivity index (χ2n) is 3.80. The van der Waals surface area contributed by atoms with Gasteiger partial charge in [-0.1, -0.05) is 34.8 Å². The molecule has 0 atom stereocenters. The number of aromatic nitrogens is 1. The maximum Gasteiger partial charge on any atom is 0.255 e. The summed E-state index contributed by atoms with van der Waals surface area (Å²) in [6, 6.07) is 4.75. The van der Waals surface area contributed by atoms with Gasteiger partial charge in [0.25, 0.3) is 5.91 Å². The maximum atomic E-state index is 13.1. The van der Waals surface area contributed by atoms with Gasteiger partial charge >= 0.3 is 0 Å². The van der Waals surface area contributed by atoms with Crippen LogP contribution in [0.5, 0.6) is 0 Å². The SMILES string of the molecule is Nc1cc(C(=O)Nc2c(Cl)cc(F)cc2Cl)cc(Cl)n1. The number of nitrogen functional groups attached to an aromatic ring is 1. The Bertz CT molecular complexity index is 650. The van der Waals surface area contributed by atoms with E-state index < -0.39 is 11.7 Å². The van der Waals surface area contributed by atoms with Gasteiger partial charge in [-0.3, -0.25) is 4.79 Å². The Morgan fingerprint density at radius 2 is 1.75 bits per heavy atom. The molecule has 2 aromatic rings. The number of benzene rings is 1. The van der Waals surface area contributed by atoms with Crippen LogP contribution in [0, 0.1) is 5.82 Å². The molecule has 1 amide bonds. The average molecular weight is 335 g/mol. The molecule has 0 radical (unpaired) electrons. The number of carbonyl (C=O) groups excluding carboxylic acids is 1. The van der Waals surface area contributed by atoms with E-state index in [9.17, 15) is 9.18 Å². The quantitative estimate of drug-likeness (QED) is 0.815. The Kier molecular flexibility index (Phi) is 4.32. The van der Waals surface area contributed by atoms with E-state index in [1.807, 2.05) is 0 Å². The minimum absolute atomic E-state index is 0.0172. The number of nitrogens with one attached hydrogen (secondary N) is 1. The molecule has 2 rings (SSSR count). The van der Waals surface area contributed by atoms with Crippen molar-refractivity contribution in [2.45, 2.75) is 0 Å². The average Bonchev–Trinajstić information content (AvgIpc) is 2.32. The van der Waals surface area contributed by atoms with E-state index in [2.05, 4.69) is 10.3 Å². The van der Waals surface area contributed by atoms with E-state index in [4.69, 9.17) is 40.5 Å². The number of rotatable bonds is 2. The molecule has 0 saturated heterocycles. The van der Waals surface area contributed by atoms with Crippen molar-refractivity contribution in [1.82, 2.24) is 4.98 Å². The van der Waals surface area contributed by atoms with Gasteiger partial charge in [0.1, 0.15) is 16.8 Å². The Hall–Kier alpha value is -1.56. The highest BCUT2D eigenvalue weighted by molar-refractivity contribution is 6.40. The fourth-order valence-corrected chi connectivity index (χ4v) is 2.27. The number of carbonyl (C=O) groups is 1. The summed E-state index contributed by atoms with van der Waals surface area (Å²) in [5, 5.41) is 2.51. The molecular weight excluding hydrogens is 328 g/mol. The molecule has 0 bridgehead atoms. The number of hydrogen-bond acceptors (Lipinski definition) is 3. The van der Waals surface area contributed by atoms with Crippen molar-refractivity contribution in [3.63, 3.8) is 0 Å². The van der Waals surface area contributed by atoms with Crippen LogP contribution in [0.2, 0.25) is 15.2 Å². The lowest BCUT2D eigenvalue weighted by molar-refractivity contribution is 0.102. The van der Waals surface area contributed by atoms with Crippen molar-refractivity contribution in [2.24, 2.45) is 0 Å². The number of anilines is 2. The Labute approximate surface area is 128 Å². The van der Waals surface area contributed by atoms with Gasteiger partial charge in [0.15, 0.2) is 0 Å². The minimum Gasteiger partial charge on any atom is -0.384 e. The Morgan fingerprint density at radius 1 is 1.15 bits per heavy atom. The van der Waals surface area contributed by atoms with E-state index in [1.165, 1.54) is 12.1 Å². The highest BCUT2D eigenvalue weighted by Gasteiger charge is 2.14. The van der Waals surface area contributed by atoms with Crippen LogP contribution in [-0.4, -0.2) is 10.9 Å². The molecule has 8 heteroatoms. The molecule has 104 valence electrons. The first-order valence-corrected chi connectivity index (χ1v) is 6.39. The molecule has 0 aliphatic carbocycles. The summed E-state index contributed by atoms with van der Waals surface area (Å²) in [6.45, 7) is 0. The summed E-state index contributed by atoms with van der Waals surface area (Å²) in [5.41, 5.74) is 5.78. The molecule has 4 nitrogen and oxygen atoms in total. The standard InChI is InChI=1S/C12H7Cl3FN3O/c13-7-3-6(16)4-8(14)11(7)19-12(20)5-1-9(15)18-10(17)2-5/h1-4H,(H2,17,18)(H,19,20). The molecule has 3 N–H and O–H groups in total. The highest BCUT2D eigenvalue weighted by Crippen LogP contribution is 2.31. The van der Waals surface area contributed by atoms with E-state index in [-0.39, 0.29) is 32.3 Å². The largest absolute Gasteiger partial charge is 0.384 e. The number of amides is 1. The summed E-state index contributed by atoms with van der Waals surface area (Å²) in [6.07, 6.45) is 0. The van der Waals surface area contributed by atoms with Gasteiger partial charge in [0.2, 0.25) is 0 Å². The predicted octanol–water partition coefficient (Wildman–Crippen LogP) is 4.02. The van der Waals surface area contributed by atoms with Crippen LogP contribution in [-0.2, 0) is 0 Å². The van der Waals surface area contributed by atoms with Gasteiger partial charge in [-0.15, -0.1) is 0 Å². The third kappa shape index (κ3) is 3.30. The monoisotopic (exact) mass is 333 g/mol. The highest BCUT2D eigenvalue weighted by atomic mass is 35.5. The molecule has 0 aliphatic heterocycles. The fraction of sp³-hybridized carbons (Fsp3) is 0. The lowest BCUT2D eigenvalue weighted by atomic mass is 10.2. The minimum atomic E-state index is -0.603. The van der Waals surface area contributed by atoms with Crippen LogP contribution in [0.4, 0.5) is 15.9 Å². The second-order valence-corrected chi connectivity index (χ2v) is 5.00. The third-order valence-corrected chi connectivity index (χ3v) is 3.11. The van der Waals surface area contributed by atoms with E-state index in [0.29, 0.717) is 0 Å². The van der Waals surface area contributed by atoms with Crippen LogP contribution in [0.25, 0.3) is 0 Å². The molecule has 1 heterocycles. The molecular formula is C12H7Cl3FN3O. The summed E-state index contributed by atoms with van der Waals surface area (Å²) in [5.74, 6) is -1.05. The number of pyridine rings is 1. The first kappa shape index (κ1) is 14.8. The van der Waals surface area contributed by atoms with Crippen LogP contribution >= 0.6 is 34.8 Å². The topological polar surface area (TPSA) is 68.0 Å². The number of nitrogens with zero attached hydrogens (tertiary/aromatic N) is 1. The molecule has 20 heavy (non-hydrogen) atoms. The molecule has 0 unspecified atom stereocenters. The van der Waals surface area contributed by atoms with E-state index in [0.717, 1.165) is 12.1 Å². The number of halogens is 4. The van der Waals surface area contributed by atoms with Crippen LogP contribution < -0.4 is 11.1 Å². The summed E-state index contributed by atoms with van der Waals surface area (Å²) in [4.78, 5) is 15.8. The van der Waals surface area contributed by atoms with Crippen molar-refractivity contribution in [1.29, 1.82) is 0 Å². The number of nitrogens with two attached hydrogens (primary N) is 1. The van der Waals surface area contributed by atoms with Crippen LogP contribution in [0.3, 0.4) is 0 Å². The smallest absolute Gasteiger partial charge is 0.255 e. The fourth-order valence-electron chi connectivity index (χ4n) is 1.50. The van der Waals surface area contributed by atoms with Crippen LogP contribution in [0.15, 0.2) is 24.3 Å². The zero-order valence-electron chi connectivity index (χ0n) is 9.75. The third-order valence-electron chi connectivity index (χ3n) is 2.32. The van der Waals surface area contributed by atoms with Gasteiger partial charge in [-0.2, -0.15) is 0 Å². The van der Waals surface area contributed by atoms with Crippen molar-refractivity contribution in [2.75, 3.05) is 11.1 Å². The molecule has 0 fully saturated rings. The van der Waals surface area contributed by atoms with Crippen LogP contribution in [0.1, 0.15) is 10.4 Å². The summed E-state index contributed by atoms with van der Waals surface area (Å²) < 4.78 is 13.1. The molecule has 0 aliphatic rings. The Morgan fingerprint density at radius 3 is 2.30 bits per heavy atom. The molecule has 1 aromatic heterocycles. The summed E-state index contributed by atoms with van der Waals surface area (Å²) >= 11 is 17.4. The molecule has 0 saturated carbocycles. The maximum absolute atomic E-state index is 13.1. The van der Waals surface area contributed by atoms with Gasteiger partial charge in [-0.05, 0) is 24.3 Å². The molecule has 0 spiro atoms. The van der Waals surface area contributed by atoms with Crippen molar-refractivity contribution in [3.05, 3.63) is 50.8 Å². The Balaban J connectivity index is 2.32. The van der Waals surface area contributed by atoms with Crippen molar-refractivity contribution < 1.29 is 9.18 Å². The zero-order valence-corrected chi connectivity index (χ0v) is 12.0. The zero-order chi connectivity index (χ0) is 14.9.